The van der Waals surface area contributed by atoms with Crippen molar-refractivity contribution >= 4 is 13.8 Å². The number of carbonyl (C=O) groups excluding carboxylic acids is 1. The topological polar surface area (TPSA) is 135 Å². The molecule has 0 aliphatic carbocycles. The number of benzene rings is 1. The number of aromatic amines is 1. The van der Waals surface area contributed by atoms with Gasteiger partial charge in [-0.1, -0.05) is 18.2 Å². The zero-order valence-corrected chi connectivity index (χ0v) is 18.0. The summed E-state index contributed by atoms with van der Waals surface area (Å²) in [7, 11) is -2.98. The minimum absolute atomic E-state index is 0.186. The molecule has 3 heterocycles. The molecule has 2 aliphatic heterocycles. The Hall–Kier alpha value is -2.63. The van der Waals surface area contributed by atoms with E-state index in [0.717, 1.165) is 4.57 Å². The van der Waals surface area contributed by atoms with Crippen molar-refractivity contribution in [1.29, 1.82) is 0 Å². The first kappa shape index (κ1) is 22.6. The molecule has 11 nitrogen and oxygen atoms in total. The second-order valence-corrected chi connectivity index (χ2v) is 8.84. The molecular formula is C19H20FN2O9P. The molecule has 2 aromatic rings. The van der Waals surface area contributed by atoms with E-state index >= 15 is 4.39 Å². The van der Waals surface area contributed by atoms with E-state index in [1.165, 1.54) is 26.3 Å². The number of esters is 1. The highest BCUT2D eigenvalue weighted by molar-refractivity contribution is 7.48. The van der Waals surface area contributed by atoms with Gasteiger partial charge in [-0.05, 0) is 18.6 Å². The summed E-state index contributed by atoms with van der Waals surface area (Å²) in [5.41, 5.74) is -0.687. The molecule has 1 aromatic carbocycles. The third-order valence-electron chi connectivity index (χ3n) is 5.14. The number of nitrogens with one attached hydrogen (secondary N) is 1. The van der Waals surface area contributed by atoms with Gasteiger partial charge in [-0.15, -0.1) is 0 Å². The fourth-order valence-corrected chi connectivity index (χ4v) is 4.84. The Balaban J connectivity index is 1.50. The lowest BCUT2D eigenvalue weighted by Gasteiger charge is -2.30. The highest BCUT2D eigenvalue weighted by Gasteiger charge is 2.54. The predicted octanol–water partition coefficient (Wildman–Crippen LogP) is 1.61. The lowest BCUT2D eigenvalue weighted by atomic mass is 10.1. The van der Waals surface area contributed by atoms with Crippen LogP contribution in [-0.2, 0) is 34.2 Å². The Kier molecular flexibility index (Phi) is 6.15. The van der Waals surface area contributed by atoms with Crippen LogP contribution in [-0.4, -0.2) is 47.6 Å². The van der Waals surface area contributed by atoms with Gasteiger partial charge in [0.1, 0.15) is 12.2 Å². The molecule has 5 atom stereocenters. The summed E-state index contributed by atoms with van der Waals surface area (Å²) in [6.07, 6.45) is -4.43. The van der Waals surface area contributed by atoms with Gasteiger partial charge in [0, 0.05) is 11.8 Å². The zero-order chi connectivity index (χ0) is 23.0. The van der Waals surface area contributed by atoms with Crippen LogP contribution >= 0.6 is 7.82 Å². The highest BCUT2D eigenvalue weighted by Crippen LogP contribution is 2.57. The number of halogens is 1. The van der Waals surface area contributed by atoms with Gasteiger partial charge in [-0.25, -0.2) is 18.5 Å². The summed E-state index contributed by atoms with van der Waals surface area (Å²) >= 11 is 0. The normalized spacial score (nSPS) is 29.5. The molecule has 0 bridgehead atoms. The van der Waals surface area contributed by atoms with Gasteiger partial charge in [0.25, 0.3) is 5.56 Å². The Morgan fingerprint density at radius 2 is 2.09 bits per heavy atom. The molecule has 2 aliphatic rings. The van der Waals surface area contributed by atoms with E-state index in [4.69, 9.17) is 23.0 Å². The minimum Gasteiger partial charge on any atom is -0.465 e. The number of aromatic nitrogens is 2. The van der Waals surface area contributed by atoms with Gasteiger partial charge in [0.05, 0.1) is 25.9 Å². The number of methoxy groups -OCH3 is 1. The van der Waals surface area contributed by atoms with Crippen LogP contribution in [0.1, 0.15) is 27.7 Å². The first-order valence-corrected chi connectivity index (χ1v) is 11.0. The standard InChI is InChI=1S/C19H20FN2O9P/c1-10-7-22(19(25)21-16(10)23)17-14(20)15-13(30-17)9-29-32(26,31-15)28-8-11-5-3-4-6-12(11)18(24)27-2/h3-7,13-15,17H,8-9H2,1-2H3,(H,21,23,25)/t13-,14+,15-,17-,32?/m0/s1. The second kappa shape index (κ2) is 8.72. The summed E-state index contributed by atoms with van der Waals surface area (Å²) in [4.78, 5) is 37.6. The third kappa shape index (κ3) is 4.19. The van der Waals surface area contributed by atoms with Crippen LogP contribution in [0.25, 0.3) is 0 Å². The number of phosphoric ester groups is 1. The number of phosphoric acid groups is 1. The smallest absolute Gasteiger partial charge is 0.465 e. The van der Waals surface area contributed by atoms with E-state index in [1.807, 2.05) is 0 Å². The van der Waals surface area contributed by atoms with Crippen LogP contribution in [0.2, 0.25) is 0 Å². The summed E-state index contributed by atoms with van der Waals surface area (Å²) < 4.78 is 55.0. The number of rotatable bonds is 5. The number of hydrogen-bond donors (Lipinski definition) is 1. The molecule has 0 spiro atoms. The number of hydrogen-bond acceptors (Lipinski definition) is 9. The second-order valence-electron chi connectivity index (χ2n) is 7.22. The van der Waals surface area contributed by atoms with Gasteiger partial charge < -0.3 is 9.47 Å². The molecule has 2 saturated heterocycles. The Morgan fingerprint density at radius 3 is 2.84 bits per heavy atom. The molecule has 1 N–H and O–H groups in total. The first-order chi connectivity index (χ1) is 15.2. The molecule has 1 unspecified atom stereocenters. The van der Waals surface area contributed by atoms with E-state index in [2.05, 4.69) is 4.98 Å². The molecule has 0 saturated carbocycles. The molecular weight excluding hydrogens is 450 g/mol. The lowest BCUT2D eigenvalue weighted by Crippen LogP contribution is -2.39. The first-order valence-electron chi connectivity index (χ1n) is 9.58. The van der Waals surface area contributed by atoms with E-state index in [1.54, 1.807) is 18.2 Å². The Bertz CT molecular complexity index is 1200. The Labute approximate surface area is 180 Å². The summed E-state index contributed by atoms with van der Waals surface area (Å²) in [5, 5.41) is 0. The zero-order valence-electron chi connectivity index (χ0n) is 17.1. The average molecular weight is 470 g/mol. The fraction of sp³-hybridized carbons (Fsp3) is 0.421. The van der Waals surface area contributed by atoms with Crippen LogP contribution in [0, 0.1) is 6.92 Å². The average Bonchev–Trinajstić information content (AvgIpc) is 3.10. The molecule has 1 aromatic heterocycles. The largest absolute Gasteiger partial charge is 0.475 e. The van der Waals surface area contributed by atoms with E-state index in [-0.39, 0.29) is 24.3 Å². The number of fused-ring (bicyclic) bond motifs is 1. The van der Waals surface area contributed by atoms with Crippen LogP contribution in [0.5, 0.6) is 0 Å². The summed E-state index contributed by atoms with van der Waals surface area (Å²) in [6, 6.07) is 6.36. The lowest BCUT2D eigenvalue weighted by molar-refractivity contribution is -0.0731. The van der Waals surface area contributed by atoms with Crippen molar-refractivity contribution in [3.05, 3.63) is 68.0 Å². The van der Waals surface area contributed by atoms with Gasteiger partial charge in [-0.3, -0.25) is 27.9 Å². The fourth-order valence-electron chi connectivity index (χ4n) is 3.47. The molecule has 0 amide bonds. The van der Waals surface area contributed by atoms with Crippen molar-refractivity contribution in [2.24, 2.45) is 0 Å². The molecule has 32 heavy (non-hydrogen) atoms. The maximum atomic E-state index is 15.1. The van der Waals surface area contributed by atoms with E-state index < -0.39 is 49.6 Å². The SMILES string of the molecule is COC(=O)c1ccccc1COP1(=O)OC[C@@H]2O[C@H](n3cc(C)c(=O)[nH]c3=O)[C@H](F)[C@H]2O1. The van der Waals surface area contributed by atoms with Crippen LogP contribution in [0.3, 0.4) is 0 Å². The van der Waals surface area contributed by atoms with Crippen molar-refractivity contribution in [3.63, 3.8) is 0 Å². The van der Waals surface area contributed by atoms with Crippen LogP contribution < -0.4 is 11.2 Å². The molecule has 2 fully saturated rings. The predicted molar refractivity (Wildman–Crippen MR) is 106 cm³/mol. The summed E-state index contributed by atoms with van der Waals surface area (Å²) in [5.74, 6) is -0.606. The number of ether oxygens (including phenoxy) is 2. The van der Waals surface area contributed by atoms with Gasteiger partial charge in [0.2, 0.25) is 0 Å². The van der Waals surface area contributed by atoms with Gasteiger partial charge in [-0.2, -0.15) is 0 Å². The molecule has 172 valence electrons. The molecule has 13 heteroatoms. The third-order valence-corrected chi connectivity index (χ3v) is 6.55. The monoisotopic (exact) mass is 470 g/mol. The van der Waals surface area contributed by atoms with Crippen molar-refractivity contribution < 1.29 is 36.8 Å². The quantitative estimate of drug-likeness (QED) is 0.511. The summed E-state index contributed by atoms with van der Waals surface area (Å²) in [6.45, 7) is 0.826. The number of carbonyl (C=O) groups is 1. The van der Waals surface area contributed by atoms with E-state index in [9.17, 15) is 18.9 Å². The Morgan fingerprint density at radius 1 is 1.34 bits per heavy atom. The highest BCUT2D eigenvalue weighted by atomic mass is 31.2. The molecule has 4 rings (SSSR count). The van der Waals surface area contributed by atoms with Crippen molar-refractivity contribution in [2.75, 3.05) is 13.7 Å². The van der Waals surface area contributed by atoms with Crippen LogP contribution in [0.4, 0.5) is 4.39 Å². The van der Waals surface area contributed by atoms with E-state index in [0.29, 0.717) is 5.56 Å². The van der Waals surface area contributed by atoms with Crippen molar-refractivity contribution in [1.82, 2.24) is 9.55 Å². The van der Waals surface area contributed by atoms with Gasteiger partial charge >= 0.3 is 19.5 Å². The number of aryl methyl sites for hydroxylation is 1. The van der Waals surface area contributed by atoms with Crippen molar-refractivity contribution in [2.45, 2.75) is 38.1 Å². The van der Waals surface area contributed by atoms with Gasteiger partial charge in [0.15, 0.2) is 12.4 Å². The van der Waals surface area contributed by atoms with Crippen molar-refractivity contribution in [3.8, 4) is 0 Å². The number of nitrogens with zero attached hydrogens (tertiary/aromatic N) is 1. The maximum Gasteiger partial charge on any atom is 0.475 e. The molecule has 0 radical (unpaired) electrons. The van der Waals surface area contributed by atoms with Crippen LogP contribution in [0.15, 0.2) is 40.1 Å². The number of alkyl halides is 1. The number of H-pyrrole nitrogens is 1. The minimum atomic E-state index is -4.21. The maximum absolute atomic E-state index is 15.1.